The van der Waals surface area contributed by atoms with Crippen molar-refractivity contribution in [1.82, 2.24) is 0 Å². The van der Waals surface area contributed by atoms with E-state index in [1.54, 1.807) is 5.56 Å². The first-order chi connectivity index (χ1) is 15.7. The second kappa shape index (κ2) is 13.7. The summed E-state index contributed by atoms with van der Waals surface area (Å²) in [4.78, 5) is 0. The van der Waals surface area contributed by atoms with Crippen LogP contribution in [-0.4, -0.2) is 6.61 Å². The van der Waals surface area contributed by atoms with E-state index in [1.807, 2.05) is 0 Å². The number of unbranched alkanes of at least 4 members (excludes halogenated alkanes) is 3. The van der Waals surface area contributed by atoms with Gasteiger partial charge in [0.05, 0.1) is 6.61 Å². The fourth-order valence-electron chi connectivity index (χ4n) is 5.42. The minimum absolute atomic E-state index is 0.759. The Hall–Kier alpha value is -1.76. The third-order valence-corrected chi connectivity index (χ3v) is 7.64. The van der Waals surface area contributed by atoms with E-state index < -0.39 is 0 Å². The summed E-state index contributed by atoms with van der Waals surface area (Å²) in [5.41, 5.74) is 4.13. The molecule has 0 heterocycles. The van der Waals surface area contributed by atoms with Crippen molar-refractivity contribution >= 4 is 0 Å². The molecule has 1 fully saturated rings. The molecule has 1 saturated carbocycles. The molecule has 1 atom stereocenters. The highest BCUT2D eigenvalue weighted by molar-refractivity contribution is 5.64. The number of rotatable bonds is 13. The zero-order valence-corrected chi connectivity index (χ0v) is 21.0. The average molecular weight is 435 g/mol. The van der Waals surface area contributed by atoms with Gasteiger partial charge in [0.1, 0.15) is 5.75 Å². The molecule has 2 aromatic carbocycles. The van der Waals surface area contributed by atoms with Gasteiger partial charge in [-0.3, -0.25) is 0 Å². The molecule has 0 amide bonds. The summed E-state index contributed by atoms with van der Waals surface area (Å²) >= 11 is 0. The van der Waals surface area contributed by atoms with Crippen LogP contribution in [0.5, 0.6) is 5.75 Å². The zero-order chi connectivity index (χ0) is 22.6. The standard InChI is InChI=1S/C31H46O/c1-4-7-9-23-32-31-21-19-30(20-22-31)29-17-15-28(16-18-29)27-13-11-26(12-14-27)24-25(6-3)10-8-5-2/h15-22,25-27H,4-14,23-24H2,1-3H3. The molecule has 1 unspecified atom stereocenters. The van der Waals surface area contributed by atoms with Crippen LogP contribution >= 0.6 is 0 Å². The van der Waals surface area contributed by atoms with Gasteiger partial charge in [-0.1, -0.05) is 95.7 Å². The molecule has 2 aromatic rings. The molecule has 1 aliphatic carbocycles. The summed E-state index contributed by atoms with van der Waals surface area (Å²) < 4.78 is 5.86. The highest BCUT2D eigenvalue weighted by Crippen LogP contribution is 2.39. The zero-order valence-electron chi connectivity index (χ0n) is 21.0. The van der Waals surface area contributed by atoms with Crippen molar-refractivity contribution in [1.29, 1.82) is 0 Å². The van der Waals surface area contributed by atoms with Crippen LogP contribution < -0.4 is 4.74 Å². The molecule has 0 saturated heterocycles. The molecule has 0 radical (unpaired) electrons. The van der Waals surface area contributed by atoms with Crippen molar-refractivity contribution in [3.8, 4) is 16.9 Å². The third-order valence-electron chi connectivity index (χ3n) is 7.64. The van der Waals surface area contributed by atoms with E-state index in [0.29, 0.717) is 0 Å². The Labute approximate surface area is 198 Å². The quantitative estimate of drug-likeness (QED) is 0.285. The normalized spacial score (nSPS) is 19.6. The van der Waals surface area contributed by atoms with E-state index >= 15 is 0 Å². The number of hydrogen-bond acceptors (Lipinski definition) is 1. The van der Waals surface area contributed by atoms with Gasteiger partial charge in [0, 0.05) is 0 Å². The van der Waals surface area contributed by atoms with Gasteiger partial charge in [-0.05, 0) is 85.1 Å². The molecule has 1 heteroatoms. The van der Waals surface area contributed by atoms with Gasteiger partial charge < -0.3 is 4.74 Å². The van der Waals surface area contributed by atoms with Crippen LogP contribution in [0.1, 0.15) is 109 Å². The summed E-state index contributed by atoms with van der Waals surface area (Å²) in [6.07, 6.45) is 16.3. The maximum absolute atomic E-state index is 5.86. The van der Waals surface area contributed by atoms with Crippen LogP contribution in [-0.2, 0) is 0 Å². The van der Waals surface area contributed by atoms with Crippen molar-refractivity contribution in [2.24, 2.45) is 11.8 Å². The lowest BCUT2D eigenvalue weighted by atomic mass is 9.74. The second-order valence-corrected chi connectivity index (χ2v) is 10.1. The predicted molar refractivity (Wildman–Crippen MR) is 140 cm³/mol. The van der Waals surface area contributed by atoms with Gasteiger partial charge >= 0.3 is 0 Å². The molecule has 0 aromatic heterocycles. The molecule has 1 aliphatic rings. The average Bonchev–Trinajstić information content (AvgIpc) is 2.85. The SMILES string of the molecule is CCCCCOc1ccc(-c2ccc(C3CCC(CC(CC)CCCC)CC3)cc2)cc1. The Kier molecular flexibility index (Phi) is 10.7. The number of benzene rings is 2. The van der Waals surface area contributed by atoms with Crippen molar-refractivity contribution in [3.63, 3.8) is 0 Å². The Bertz CT molecular complexity index is 737. The fraction of sp³-hybridized carbons (Fsp3) is 0.613. The summed E-state index contributed by atoms with van der Waals surface area (Å²) in [5, 5.41) is 0. The van der Waals surface area contributed by atoms with Crippen LogP contribution in [0.2, 0.25) is 0 Å². The van der Waals surface area contributed by atoms with Crippen LogP contribution in [0.4, 0.5) is 0 Å². The molecule has 3 rings (SSSR count). The monoisotopic (exact) mass is 434 g/mol. The molecule has 0 aliphatic heterocycles. The summed E-state index contributed by atoms with van der Waals surface area (Å²) in [7, 11) is 0. The number of hydrogen-bond donors (Lipinski definition) is 0. The molecule has 1 nitrogen and oxygen atoms in total. The molecule has 0 bridgehead atoms. The van der Waals surface area contributed by atoms with Gasteiger partial charge in [0.2, 0.25) is 0 Å². The van der Waals surface area contributed by atoms with Crippen molar-refractivity contribution in [2.45, 2.75) is 104 Å². The van der Waals surface area contributed by atoms with Crippen LogP contribution in [0.3, 0.4) is 0 Å². The Morgan fingerprint density at radius 1 is 0.750 bits per heavy atom. The first-order valence-corrected chi connectivity index (χ1v) is 13.6. The maximum Gasteiger partial charge on any atom is 0.119 e. The van der Waals surface area contributed by atoms with Gasteiger partial charge in [0.25, 0.3) is 0 Å². The summed E-state index contributed by atoms with van der Waals surface area (Å²) in [6, 6.07) is 18.0. The van der Waals surface area contributed by atoms with Crippen LogP contribution in [0.25, 0.3) is 11.1 Å². The van der Waals surface area contributed by atoms with E-state index in [0.717, 1.165) is 36.5 Å². The largest absolute Gasteiger partial charge is 0.494 e. The van der Waals surface area contributed by atoms with Gasteiger partial charge in [-0.25, -0.2) is 0 Å². The summed E-state index contributed by atoms with van der Waals surface area (Å²) in [6.45, 7) is 7.76. The topological polar surface area (TPSA) is 9.23 Å². The Balaban J connectivity index is 1.47. The highest BCUT2D eigenvalue weighted by Gasteiger charge is 2.24. The van der Waals surface area contributed by atoms with Crippen LogP contribution in [0, 0.1) is 11.8 Å². The first kappa shape index (κ1) is 24.9. The van der Waals surface area contributed by atoms with E-state index in [2.05, 4.69) is 69.3 Å². The molecular formula is C31H46O. The molecule has 0 spiro atoms. The predicted octanol–water partition coefficient (Wildman–Crippen LogP) is 9.80. The maximum atomic E-state index is 5.86. The smallest absolute Gasteiger partial charge is 0.119 e. The van der Waals surface area contributed by atoms with Crippen molar-refractivity contribution in [3.05, 3.63) is 54.1 Å². The lowest BCUT2D eigenvalue weighted by Crippen LogP contribution is -2.16. The first-order valence-electron chi connectivity index (χ1n) is 13.6. The minimum Gasteiger partial charge on any atom is -0.494 e. The van der Waals surface area contributed by atoms with Gasteiger partial charge in [-0.15, -0.1) is 0 Å². The number of ether oxygens (including phenoxy) is 1. The molecule has 0 N–H and O–H groups in total. The van der Waals surface area contributed by atoms with E-state index in [1.165, 1.54) is 81.8 Å². The lowest BCUT2D eigenvalue weighted by Gasteiger charge is -2.31. The lowest BCUT2D eigenvalue weighted by molar-refractivity contribution is 0.256. The molecule has 176 valence electrons. The Morgan fingerprint density at radius 3 is 1.97 bits per heavy atom. The molecular weight excluding hydrogens is 388 g/mol. The highest BCUT2D eigenvalue weighted by atomic mass is 16.5. The van der Waals surface area contributed by atoms with Gasteiger partial charge in [-0.2, -0.15) is 0 Å². The van der Waals surface area contributed by atoms with E-state index in [9.17, 15) is 0 Å². The van der Waals surface area contributed by atoms with E-state index in [-0.39, 0.29) is 0 Å². The second-order valence-electron chi connectivity index (χ2n) is 10.1. The van der Waals surface area contributed by atoms with Crippen molar-refractivity contribution in [2.75, 3.05) is 6.61 Å². The Morgan fingerprint density at radius 2 is 1.38 bits per heavy atom. The fourth-order valence-corrected chi connectivity index (χ4v) is 5.42. The molecule has 32 heavy (non-hydrogen) atoms. The minimum atomic E-state index is 0.759. The van der Waals surface area contributed by atoms with E-state index in [4.69, 9.17) is 4.74 Å². The van der Waals surface area contributed by atoms with Crippen LogP contribution in [0.15, 0.2) is 48.5 Å². The third kappa shape index (κ3) is 7.68. The van der Waals surface area contributed by atoms with Crippen molar-refractivity contribution < 1.29 is 4.74 Å². The van der Waals surface area contributed by atoms with Gasteiger partial charge in [0.15, 0.2) is 0 Å². The summed E-state index contributed by atoms with van der Waals surface area (Å²) in [5.74, 6) is 3.67.